The summed E-state index contributed by atoms with van der Waals surface area (Å²) in [6, 6.07) is 14.2. The Hall–Kier alpha value is -2.07. The molecule has 1 aliphatic carbocycles. The zero-order valence-electron chi connectivity index (χ0n) is 15.9. The molecule has 0 unspecified atom stereocenters. The van der Waals surface area contributed by atoms with Crippen LogP contribution in [0.2, 0.25) is 0 Å². The van der Waals surface area contributed by atoms with Gasteiger partial charge in [-0.1, -0.05) is 25.1 Å². The van der Waals surface area contributed by atoms with Gasteiger partial charge >= 0.3 is 0 Å². The van der Waals surface area contributed by atoms with Crippen molar-refractivity contribution < 1.29 is 14.2 Å². The Labute approximate surface area is 160 Å². The summed E-state index contributed by atoms with van der Waals surface area (Å²) in [5, 5.41) is 9.78. The third-order valence-corrected chi connectivity index (χ3v) is 6.07. The van der Waals surface area contributed by atoms with Crippen molar-refractivity contribution >= 4 is 0 Å². The lowest BCUT2D eigenvalue weighted by Crippen LogP contribution is -2.49. The number of aromatic hydroxyl groups is 1. The lowest BCUT2D eigenvalue weighted by atomic mass is 9.72. The quantitative estimate of drug-likeness (QED) is 0.820. The van der Waals surface area contributed by atoms with Crippen LogP contribution in [0.5, 0.6) is 11.5 Å². The molecule has 1 N–H and O–H groups in total. The lowest BCUT2D eigenvalue weighted by Gasteiger charge is -2.37. The molecule has 0 bridgehead atoms. The van der Waals surface area contributed by atoms with Crippen molar-refractivity contribution in [3.05, 3.63) is 59.2 Å². The van der Waals surface area contributed by atoms with Gasteiger partial charge in [0.1, 0.15) is 18.1 Å². The summed E-state index contributed by atoms with van der Waals surface area (Å²) in [6.45, 7) is 5.31. The van der Waals surface area contributed by atoms with Crippen molar-refractivity contribution in [1.29, 1.82) is 0 Å². The van der Waals surface area contributed by atoms with Crippen LogP contribution in [0.15, 0.2) is 42.5 Å². The highest BCUT2D eigenvalue weighted by atomic mass is 19.1. The fraction of sp³-hybridized carbons (Fsp3) is 0.478. The standard InChI is InChI=1S/C23H28FNO2/c1-16-2-3-19-12-20(26)6-9-22(19)23(16)18-4-7-21(8-5-18)27-11-10-25-14-17(13-24)15-25/h4-9,12,16-17,23,26H,2-3,10-11,13-15H2,1H3/t16-,23+/m0/s1. The predicted octanol–water partition coefficient (Wildman–Crippen LogP) is 4.39. The Morgan fingerprint density at radius 3 is 2.67 bits per heavy atom. The van der Waals surface area contributed by atoms with E-state index in [1.807, 2.05) is 6.07 Å². The Morgan fingerprint density at radius 1 is 1.15 bits per heavy atom. The number of alkyl halides is 1. The molecule has 2 aromatic carbocycles. The molecular weight excluding hydrogens is 341 g/mol. The van der Waals surface area contributed by atoms with E-state index in [1.165, 1.54) is 16.7 Å². The van der Waals surface area contributed by atoms with Gasteiger partial charge in [0.05, 0.1) is 6.67 Å². The van der Waals surface area contributed by atoms with E-state index >= 15 is 0 Å². The number of phenolic OH excluding ortho intramolecular Hbond substituents is 1. The first kappa shape index (κ1) is 18.3. The minimum absolute atomic E-state index is 0.207. The average molecular weight is 369 g/mol. The van der Waals surface area contributed by atoms with Crippen molar-refractivity contribution in [3.8, 4) is 11.5 Å². The first-order valence-electron chi connectivity index (χ1n) is 9.97. The number of fused-ring (bicyclic) bond motifs is 1. The molecule has 144 valence electrons. The van der Waals surface area contributed by atoms with Crippen LogP contribution in [-0.4, -0.2) is 42.9 Å². The topological polar surface area (TPSA) is 32.7 Å². The molecule has 2 atom stereocenters. The Morgan fingerprint density at radius 2 is 1.93 bits per heavy atom. The Balaban J connectivity index is 1.39. The fourth-order valence-electron chi connectivity index (χ4n) is 4.50. The minimum Gasteiger partial charge on any atom is -0.508 e. The molecule has 4 rings (SSSR count). The van der Waals surface area contributed by atoms with Crippen molar-refractivity contribution in [2.24, 2.45) is 11.8 Å². The molecule has 0 spiro atoms. The summed E-state index contributed by atoms with van der Waals surface area (Å²) >= 11 is 0. The van der Waals surface area contributed by atoms with Gasteiger partial charge in [-0.3, -0.25) is 9.29 Å². The number of benzene rings is 2. The number of hydrogen-bond acceptors (Lipinski definition) is 3. The maximum absolute atomic E-state index is 12.5. The van der Waals surface area contributed by atoms with E-state index in [0.717, 1.165) is 38.2 Å². The smallest absolute Gasteiger partial charge is 0.119 e. The third-order valence-electron chi connectivity index (χ3n) is 6.07. The van der Waals surface area contributed by atoms with Crippen LogP contribution in [0.1, 0.15) is 36.0 Å². The highest BCUT2D eigenvalue weighted by Crippen LogP contribution is 2.41. The number of aryl methyl sites for hydroxylation is 1. The Bertz CT molecular complexity index is 770. The van der Waals surface area contributed by atoms with Gasteiger partial charge in [-0.05, 0) is 59.7 Å². The second kappa shape index (κ2) is 7.89. The molecule has 1 fully saturated rings. The number of rotatable bonds is 6. The zero-order valence-corrected chi connectivity index (χ0v) is 15.9. The summed E-state index contributed by atoms with van der Waals surface area (Å²) in [4.78, 5) is 2.23. The predicted molar refractivity (Wildman–Crippen MR) is 105 cm³/mol. The molecule has 2 aromatic rings. The molecule has 27 heavy (non-hydrogen) atoms. The number of halogens is 1. The summed E-state index contributed by atoms with van der Waals surface area (Å²) in [5.41, 5.74) is 3.90. The average Bonchev–Trinajstić information content (AvgIpc) is 2.64. The second-order valence-electron chi connectivity index (χ2n) is 8.07. The first-order valence-corrected chi connectivity index (χ1v) is 9.97. The molecule has 1 aliphatic heterocycles. The van der Waals surface area contributed by atoms with Crippen molar-refractivity contribution in [2.45, 2.75) is 25.7 Å². The van der Waals surface area contributed by atoms with Crippen LogP contribution in [0.3, 0.4) is 0 Å². The summed E-state index contributed by atoms with van der Waals surface area (Å²) in [7, 11) is 0. The summed E-state index contributed by atoms with van der Waals surface area (Å²) in [6.07, 6.45) is 2.16. The molecule has 0 saturated carbocycles. The van der Waals surface area contributed by atoms with E-state index in [0.29, 0.717) is 24.2 Å². The molecule has 1 saturated heterocycles. The van der Waals surface area contributed by atoms with Gasteiger partial charge in [-0.25, -0.2) is 0 Å². The number of phenols is 1. The van der Waals surface area contributed by atoms with E-state index in [4.69, 9.17) is 4.74 Å². The largest absolute Gasteiger partial charge is 0.508 e. The molecule has 4 heteroatoms. The van der Waals surface area contributed by atoms with E-state index in [9.17, 15) is 9.50 Å². The molecule has 0 aromatic heterocycles. The fourth-order valence-corrected chi connectivity index (χ4v) is 4.50. The van der Waals surface area contributed by atoms with Crippen LogP contribution < -0.4 is 4.74 Å². The van der Waals surface area contributed by atoms with Gasteiger partial charge in [-0.15, -0.1) is 0 Å². The van der Waals surface area contributed by atoms with Crippen molar-refractivity contribution in [2.75, 3.05) is 32.9 Å². The van der Waals surface area contributed by atoms with Gasteiger partial charge < -0.3 is 9.84 Å². The maximum atomic E-state index is 12.5. The SMILES string of the molecule is C[C@H]1CCc2cc(O)ccc2[C@H]1c1ccc(OCCN2CC(CF)C2)cc1. The molecule has 1 heterocycles. The van der Waals surface area contributed by atoms with Gasteiger partial charge in [0.2, 0.25) is 0 Å². The number of likely N-dealkylation sites (tertiary alicyclic amines) is 1. The van der Waals surface area contributed by atoms with Gasteiger partial charge in [-0.2, -0.15) is 0 Å². The highest BCUT2D eigenvalue weighted by molar-refractivity contribution is 5.45. The molecule has 2 aliphatic rings. The van der Waals surface area contributed by atoms with Crippen LogP contribution in [0.25, 0.3) is 0 Å². The third kappa shape index (κ3) is 3.96. The number of nitrogens with zero attached hydrogens (tertiary/aromatic N) is 1. The minimum atomic E-state index is -0.207. The summed E-state index contributed by atoms with van der Waals surface area (Å²) in [5.74, 6) is 2.40. The first-order chi connectivity index (χ1) is 13.1. The van der Waals surface area contributed by atoms with Crippen molar-refractivity contribution in [3.63, 3.8) is 0 Å². The normalized spacial score (nSPS) is 22.9. The number of hydrogen-bond donors (Lipinski definition) is 1. The molecular formula is C23H28FNO2. The molecule has 3 nitrogen and oxygen atoms in total. The van der Waals surface area contributed by atoms with Crippen LogP contribution in [0, 0.1) is 11.8 Å². The monoisotopic (exact) mass is 369 g/mol. The van der Waals surface area contributed by atoms with E-state index in [2.05, 4.69) is 42.2 Å². The van der Waals surface area contributed by atoms with Gasteiger partial charge in [0, 0.05) is 31.5 Å². The number of ether oxygens (including phenoxy) is 1. The van der Waals surface area contributed by atoms with E-state index in [1.54, 1.807) is 6.07 Å². The van der Waals surface area contributed by atoms with Crippen molar-refractivity contribution in [1.82, 2.24) is 4.90 Å². The zero-order chi connectivity index (χ0) is 18.8. The van der Waals surface area contributed by atoms with Crippen LogP contribution in [-0.2, 0) is 6.42 Å². The van der Waals surface area contributed by atoms with E-state index in [-0.39, 0.29) is 12.6 Å². The summed E-state index contributed by atoms with van der Waals surface area (Å²) < 4.78 is 18.3. The lowest BCUT2D eigenvalue weighted by molar-refractivity contribution is 0.0668. The highest BCUT2D eigenvalue weighted by Gasteiger charge is 2.28. The Kier molecular flexibility index (Phi) is 5.35. The van der Waals surface area contributed by atoms with Gasteiger partial charge in [0.15, 0.2) is 0 Å². The molecule has 0 radical (unpaired) electrons. The van der Waals surface area contributed by atoms with Crippen LogP contribution in [0.4, 0.5) is 4.39 Å². The molecule has 0 amide bonds. The second-order valence-corrected chi connectivity index (χ2v) is 8.07. The van der Waals surface area contributed by atoms with Crippen LogP contribution >= 0.6 is 0 Å². The maximum Gasteiger partial charge on any atom is 0.119 e. The van der Waals surface area contributed by atoms with Gasteiger partial charge in [0.25, 0.3) is 0 Å². The van der Waals surface area contributed by atoms with E-state index < -0.39 is 0 Å².